The molecule has 2 aromatic rings. The molecule has 238 valence electrons. The lowest BCUT2D eigenvalue weighted by molar-refractivity contribution is 0.100. The highest BCUT2D eigenvalue weighted by atomic mass is 32.2. The van der Waals surface area contributed by atoms with Crippen LogP contribution in [-0.4, -0.2) is 28.5 Å². The molecule has 0 spiro atoms. The van der Waals surface area contributed by atoms with Crippen LogP contribution < -0.4 is 21.9 Å². The number of amides is 1. The van der Waals surface area contributed by atoms with E-state index in [0.717, 1.165) is 24.6 Å². The lowest BCUT2D eigenvalue weighted by atomic mass is 9.90. The van der Waals surface area contributed by atoms with Gasteiger partial charge in [0.25, 0.3) is 12.3 Å². The number of methoxy groups -OCH3 is 1. The van der Waals surface area contributed by atoms with Crippen molar-refractivity contribution in [1.29, 1.82) is 0 Å². The molecule has 10 heteroatoms. The minimum atomic E-state index is -2.82. The summed E-state index contributed by atoms with van der Waals surface area (Å²) in [5.41, 5.74) is 19.9. The number of nitrogens with zero attached hydrogens (tertiary/aromatic N) is 2. The number of aryl methyl sites for hydroxylation is 1. The van der Waals surface area contributed by atoms with Gasteiger partial charge in [0.15, 0.2) is 5.17 Å². The third kappa shape index (κ3) is 12.7. The van der Waals surface area contributed by atoms with Crippen molar-refractivity contribution in [1.82, 2.24) is 4.98 Å². The van der Waals surface area contributed by atoms with Crippen LogP contribution in [0, 0.1) is 24.7 Å². The maximum Gasteiger partial charge on any atom is 0.280 e. The van der Waals surface area contributed by atoms with E-state index in [4.69, 9.17) is 21.9 Å². The second kappa shape index (κ2) is 21.2. The first-order chi connectivity index (χ1) is 20.6. The normalized spacial score (nSPS) is 13.6. The van der Waals surface area contributed by atoms with Crippen molar-refractivity contribution in [3.63, 3.8) is 0 Å². The summed E-state index contributed by atoms with van der Waals surface area (Å²) in [6.07, 6.45) is 5.49. The van der Waals surface area contributed by atoms with Gasteiger partial charge in [0.05, 0.1) is 18.9 Å². The van der Waals surface area contributed by atoms with Crippen LogP contribution in [0.4, 0.5) is 8.78 Å². The molecule has 0 saturated heterocycles. The van der Waals surface area contributed by atoms with Gasteiger partial charge in [0.2, 0.25) is 0 Å². The predicted molar refractivity (Wildman–Crippen MR) is 180 cm³/mol. The van der Waals surface area contributed by atoms with E-state index in [2.05, 4.69) is 28.4 Å². The number of hydrogen-bond donors (Lipinski definition) is 3. The van der Waals surface area contributed by atoms with Crippen LogP contribution in [0.5, 0.6) is 5.75 Å². The number of halogens is 2. The molecule has 1 heterocycles. The van der Waals surface area contributed by atoms with Gasteiger partial charge in [-0.1, -0.05) is 90.0 Å². The van der Waals surface area contributed by atoms with E-state index in [-0.39, 0.29) is 23.5 Å². The van der Waals surface area contributed by atoms with E-state index in [1.807, 2.05) is 41.5 Å². The minimum absolute atomic E-state index is 0. The van der Waals surface area contributed by atoms with Crippen molar-refractivity contribution in [2.75, 3.05) is 7.11 Å². The molecule has 43 heavy (non-hydrogen) atoms. The predicted octanol–water partition coefficient (Wildman–Crippen LogP) is 7.96. The number of benzene rings is 1. The highest BCUT2D eigenvalue weighted by Crippen LogP contribution is 2.37. The summed E-state index contributed by atoms with van der Waals surface area (Å²) in [7, 11) is 1.38. The fourth-order valence-electron chi connectivity index (χ4n) is 3.51. The summed E-state index contributed by atoms with van der Waals surface area (Å²) in [6, 6.07) is 3.91. The molecule has 0 radical (unpaired) electrons. The maximum absolute atomic E-state index is 13.5. The Kier molecular flexibility index (Phi) is 19.5. The molecule has 0 aliphatic heterocycles. The molecule has 2 atom stereocenters. The summed E-state index contributed by atoms with van der Waals surface area (Å²) < 4.78 is 32.4. The minimum Gasteiger partial charge on any atom is -0.494 e. The highest BCUT2D eigenvalue weighted by Gasteiger charge is 2.23. The number of rotatable bonds is 8. The molecule has 1 aliphatic rings. The Bertz CT molecular complexity index is 1310. The van der Waals surface area contributed by atoms with Crippen LogP contribution in [0.15, 0.2) is 54.2 Å². The van der Waals surface area contributed by atoms with Crippen molar-refractivity contribution in [3.8, 4) is 28.7 Å². The third-order valence-corrected chi connectivity index (χ3v) is 6.24. The Labute approximate surface area is 261 Å². The van der Waals surface area contributed by atoms with Crippen molar-refractivity contribution < 1.29 is 19.7 Å². The van der Waals surface area contributed by atoms with E-state index >= 15 is 0 Å². The number of nitrogens with two attached hydrogens (primary N) is 3. The van der Waals surface area contributed by atoms with Gasteiger partial charge in [-0.25, -0.2) is 8.78 Å². The molecule has 1 aromatic heterocycles. The van der Waals surface area contributed by atoms with E-state index in [1.165, 1.54) is 19.4 Å². The summed E-state index contributed by atoms with van der Waals surface area (Å²) in [6.45, 7) is 17.4. The molecule has 0 bridgehead atoms. The highest BCUT2D eigenvalue weighted by molar-refractivity contribution is 8.14. The van der Waals surface area contributed by atoms with Gasteiger partial charge in [-0.2, -0.15) is 4.99 Å². The van der Waals surface area contributed by atoms with Crippen molar-refractivity contribution in [2.24, 2.45) is 28.1 Å². The fourth-order valence-corrected chi connectivity index (χ4v) is 4.03. The van der Waals surface area contributed by atoms with Gasteiger partial charge in [-0.15, -0.1) is 0 Å². The smallest absolute Gasteiger partial charge is 0.280 e. The molecule has 1 saturated carbocycles. The Balaban J connectivity index is 0. The number of thioether (sulfide) groups is 1. The quantitative estimate of drug-likeness (QED) is 0.0901. The number of alkyl halides is 2. The number of aliphatic imine (C=N–C) groups is 1. The molecule has 1 fully saturated rings. The van der Waals surface area contributed by atoms with Crippen LogP contribution in [0.25, 0.3) is 11.1 Å². The van der Waals surface area contributed by atoms with Crippen molar-refractivity contribution in [2.45, 2.75) is 79.1 Å². The molecule has 6 N–H and O–H groups in total. The summed E-state index contributed by atoms with van der Waals surface area (Å²) in [5, 5.41) is -0.694. The molecule has 3 rings (SSSR count). The largest absolute Gasteiger partial charge is 0.494 e. The number of allylic oxidation sites excluding steroid dienone is 2. The monoisotopic (exact) mass is 617 g/mol. The number of pyridine rings is 1. The lowest BCUT2D eigenvalue weighted by Gasteiger charge is -2.18. The summed E-state index contributed by atoms with van der Waals surface area (Å²) in [4.78, 5) is 21.1. The lowest BCUT2D eigenvalue weighted by Crippen LogP contribution is -2.21. The molecule has 2 unspecified atom stereocenters. The fraction of sp³-hybridized carbons (Fsp3) is 0.424. The second-order valence-electron chi connectivity index (χ2n) is 8.37. The van der Waals surface area contributed by atoms with Crippen LogP contribution >= 0.6 is 11.8 Å². The zero-order valence-electron chi connectivity index (χ0n) is 26.6. The van der Waals surface area contributed by atoms with Crippen molar-refractivity contribution in [3.05, 3.63) is 71.6 Å². The zero-order valence-corrected chi connectivity index (χ0v) is 27.4. The molecule has 1 aromatic carbocycles. The van der Waals surface area contributed by atoms with Crippen LogP contribution in [0.2, 0.25) is 0 Å². The van der Waals surface area contributed by atoms with E-state index < -0.39 is 29.4 Å². The average Bonchev–Trinajstić information content (AvgIpc) is 3.86. The Morgan fingerprint density at radius 3 is 2.33 bits per heavy atom. The topological polar surface area (TPSA) is 130 Å². The standard InChI is InChI=1S/C27H29F2N5O2S.3C2H6.H2/c1-4-5-6-21(30)17-12-18(19-13-22(25(28)29)33-14-23(19)36-3)20(11-15(17)2)26(35)34-27(32)37-24(31)10-9-16-7-8-16;3*1-2;/h4-6,11-14,16,21,24-25H,1,7-8,30-31H2,2-3H3,(H2,32,34,35);3*1-2H3;1H/b6-5-;;;;. The van der Waals surface area contributed by atoms with Crippen LogP contribution in [0.1, 0.15) is 95.5 Å². The summed E-state index contributed by atoms with van der Waals surface area (Å²) >= 11 is 0.968. The van der Waals surface area contributed by atoms with Gasteiger partial charge < -0.3 is 21.9 Å². The van der Waals surface area contributed by atoms with Gasteiger partial charge in [0.1, 0.15) is 16.8 Å². The van der Waals surface area contributed by atoms with Crippen LogP contribution in [-0.2, 0) is 0 Å². The Morgan fingerprint density at radius 2 is 1.79 bits per heavy atom. The average molecular weight is 618 g/mol. The number of amidine groups is 1. The number of aromatic nitrogens is 1. The first-order valence-electron chi connectivity index (χ1n) is 14.5. The van der Waals surface area contributed by atoms with Crippen molar-refractivity contribution >= 4 is 22.8 Å². The molecular formula is C33H49F2N5O2S. The zero-order chi connectivity index (χ0) is 33.1. The summed E-state index contributed by atoms with van der Waals surface area (Å²) in [5.74, 6) is 5.84. The number of hydrogen-bond acceptors (Lipinski definition) is 6. The maximum atomic E-state index is 13.5. The SMILES string of the molecule is C=C/C=C\C(N)c1cc(-c2cc(C(F)F)ncc2OC)c(C(=O)N=C(N)SC(N)C#CC2CC2)cc1C.CC.CC.CC.[HH]. The van der Waals surface area contributed by atoms with Gasteiger partial charge in [-0.3, -0.25) is 9.78 Å². The first-order valence-corrected chi connectivity index (χ1v) is 15.4. The molecule has 1 amide bonds. The first kappa shape index (κ1) is 39.5. The Hall–Kier alpha value is -3.52. The molecule has 7 nitrogen and oxygen atoms in total. The number of carbonyl (C=O) groups is 1. The van der Waals surface area contributed by atoms with Crippen LogP contribution in [0.3, 0.4) is 0 Å². The number of carbonyl (C=O) groups excluding carboxylic acids is 1. The van der Waals surface area contributed by atoms with E-state index in [0.29, 0.717) is 22.6 Å². The van der Waals surface area contributed by atoms with Gasteiger partial charge >= 0.3 is 0 Å². The number of ether oxygens (including phenoxy) is 1. The van der Waals surface area contributed by atoms with E-state index in [9.17, 15) is 13.6 Å². The second-order valence-corrected chi connectivity index (χ2v) is 9.53. The van der Waals surface area contributed by atoms with Gasteiger partial charge in [0, 0.05) is 18.9 Å². The van der Waals surface area contributed by atoms with Gasteiger partial charge in [-0.05, 0) is 54.7 Å². The third-order valence-electron chi connectivity index (χ3n) is 5.54. The van der Waals surface area contributed by atoms with E-state index in [1.54, 1.807) is 37.3 Å². The molecule has 1 aliphatic carbocycles. The Morgan fingerprint density at radius 1 is 1.16 bits per heavy atom. The molecular weight excluding hydrogens is 568 g/mol.